The van der Waals surface area contributed by atoms with Crippen molar-refractivity contribution in [3.63, 3.8) is 0 Å². The zero-order chi connectivity index (χ0) is 10.1. The highest BCUT2D eigenvalue weighted by atomic mass is 16.1. The van der Waals surface area contributed by atoms with Crippen LogP contribution in [0.2, 0.25) is 0 Å². The predicted molar refractivity (Wildman–Crippen MR) is 55.6 cm³/mol. The first-order valence-corrected chi connectivity index (χ1v) is 5.11. The van der Waals surface area contributed by atoms with Gasteiger partial charge in [-0.25, -0.2) is 0 Å². The Morgan fingerprint density at radius 3 is 2.38 bits per heavy atom. The van der Waals surface area contributed by atoms with Gasteiger partial charge in [0.15, 0.2) is 5.78 Å². The Hall–Kier alpha value is -0.590. The summed E-state index contributed by atoms with van der Waals surface area (Å²) in [5.41, 5.74) is 1.43. The van der Waals surface area contributed by atoms with Gasteiger partial charge in [0.05, 0.1) is 0 Å². The first-order valence-electron chi connectivity index (χ1n) is 5.11. The standard InChI is InChI=1S/C12H20O/c1-9(13)10-5-7-11(8-6-10)12(2,3)4/h5,11H,6-8H2,1-4H3. The van der Waals surface area contributed by atoms with Crippen LogP contribution in [0.15, 0.2) is 11.6 Å². The summed E-state index contributed by atoms with van der Waals surface area (Å²) < 4.78 is 0. The fraction of sp³-hybridized carbons (Fsp3) is 0.750. The minimum absolute atomic E-state index is 0.257. The molecule has 13 heavy (non-hydrogen) atoms. The van der Waals surface area contributed by atoms with Crippen molar-refractivity contribution in [2.75, 3.05) is 0 Å². The van der Waals surface area contributed by atoms with Gasteiger partial charge in [-0.15, -0.1) is 0 Å². The maximum atomic E-state index is 11.1. The molecule has 0 heterocycles. The van der Waals surface area contributed by atoms with Gasteiger partial charge in [-0.2, -0.15) is 0 Å². The number of rotatable bonds is 1. The van der Waals surface area contributed by atoms with Gasteiger partial charge in [0, 0.05) is 0 Å². The van der Waals surface area contributed by atoms with Crippen LogP contribution in [-0.2, 0) is 4.79 Å². The van der Waals surface area contributed by atoms with Crippen LogP contribution in [0.5, 0.6) is 0 Å². The Balaban J connectivity index is 2.61. The van der Waals surface area contributed by atoms with Crippen LogP contribution in [-0.4, -0.2) is 5.78 Å². The molecule has 1 aliphatic carbocycles. The van der Waals surface area contributed by atoms with E-state index in [2.05, 4.69) is 26.8 Å². The molecule has 1 rings (SSSR count). The number of Topliss-reactive ketones (excluding diaryl/α,β-unsaturated/α-hetero) is 1. The summed E-state index contributed by atoms with van der Waals surface area (Å²) in [5.74, 6) is 1.00. The number of hydrogen-bond acceptors (Lipinski definition) is 1. The lowest BCUT2D eigenvalue weighted by molar-refractivity contribution is -0.113. The van der Waals surface area contributed by atoms with Crippen LogP contribution in [0, 0.1) is 11.3 Å². The fourth-order valence-electron chi connectivity index (χ4n) is 1.94. The van der Waals surface area contributed by atoms with Crippen molar-refractivity contribution in [3.05, 3.63) is 11.6 Å². The highest BCUT2D eigenvalue weighted by Crippen LogP contribution is 2.37. The molecule has 1 heteroatoms. The van der Waals surface area contributed by atoms with Crippen molar-refractivity contribution in [2.45, 2.75) is 47.0 Å². The molecule has 0 bridgehead atoms. The molecule has 0 aromatic carbocycles. The molecule has 0 spiro atoms. The molecule has 1 unspecified atom stereocenters. The number of ketones is 1. The fourth-order valence-corrected chi connectivity index (χ4v) is 1.94. The number of carbonyl (C=O) groups excluding carboxylic acids is 1. The average Bonchev–Trinajstić information content (AvgIpc) is 2.03. The molecule has 0 radical (unpaired) electrons. The largest absolute Gasteiger partial charge is 0.295 e. The summed E-state index contributed by atoms with van der Waals surface area (Å²) in [6.45, 7) is 8.52. The third-order valence-electron chi connectivity index (χ3n) is 3.09. The molecule has 0 amide bonds. The van der Waals surface area contributed by atoms with E-state index in [1.807, 2.05) is 0 Å². The summed E-state index contributed by atoms with van der Waals surface area (Å²) in [4.78, 5) is 11.1. The predicted octanol–water partition coefficient (Wildman–Crippen LogP) is 3.35. The summed E-state index contributed by atoms with van der Waals surface area (Å²) in [5, 5.41) is 0. The van der Waals surface area contributed by atoms with Gasteiger partial charge in [-0.05, 0) is 43.1 Å². The van der Waals surface area contributed by atoms with Crippen LogP contribution in [0.3, 0.4) is 0 Å². The van der Waals surface area contributed by atoms with Crippen LogP contribution in [0.25, 0.3) is 0 Å². The first-order chi connectivity index (χ1) is 5.91. The Labute approximate surface area is 81.2 Å². The summed E-state index contributed by atoms with van der Waals surface area (Å²) in [6, 6.07) is 0. The van der Waals surface area contributed by atoms with Crippen molar-refractivity contribution >= 4 is 5.78 Å². The Bertz CT molecular complexity index is 230. The number of carbonyl (C=O) groups is 1. The van der Waals surface area contributed by atoms with Gasteiger partial charge in [0.1, 0.15) is 0 Å². The Morgan fingerprint density at radius 2 is 2.08 bits per heavy atom. The maximum absolute atomic E-state index is 11.1. The third-order valence-corrected chi connectivity index (χ3v) is 3.09. The lowest BCUT2D eigenvalue weighted by Crippen LogP contribution is -2.23. The molecular weight excluding hydrogens is 160 g/mol. The van der Waals surface area contributed by atoms with E-state index < -0.39 is 0 Å². The second-order valence-electron chi connectivity index (χ2n) is 5.12. The van der Waals surface area contributed by atoms with E-state index in [9.17, 15) is 4.79 Å². The zero-order valence-corrected chi connectivity index (χ0v) is 9.18. The monoisotopic (exact) mass is 180 g/mol. The smallest absolute Gasteiger partial charge is 0.155 e. The molecule has 1 atom stereocenters. The molecule has 0 saturated heterocycles. The molecule has 0 N–H and O–H groups in total. The Kier molecular flexibility index (Phi) is 2.94. The lowest BCUT2D eigenvalue weighted by atomic mass is 9.73. The van der Waals surface area contributed by atoms with Gasteiger partial charge in [-0.3, -0.25) is 4.79 Å². The first kappa shape index (κ1) is 10.5. The topological polar surface area (TPSA) is 17.1 Å². The van der Waals surface area contributed by atoms with E-state index in [-0.39, 0.29) is 5.78 Å². The second-order valence-corrected chi connectivity index (χ2v) is 5.12. The summed E-state index contributed by atoms with van der Waals surface area (Å²) >= 11 is 0. The van der Waals surface area contributed by atoms with Crippen LogP contribution in [0.4, 0.5) is 0 Å². The highest BCUT2D eigenvalue weighted by molar-refractivity contribution is 5.93. The molecule has 0 saturated carbocycles. The van der Waals surface area contributed by atoms with Crippen LogP contribution < -0.4 is 0 Å². The lowest BCUT2D eigenvalue weighted by Gasteiger charge is -2.32. The van der Waals surface area contributed by atoms with Crippen molar-refractivity contribution in [2.24, 2.45) is 11.3 Å². The van der Waals surface area contributed by atoms with E-state index in [4.69, 9.17) is 0 Å². The second kappa shape index (κ2) is 3.65. The molecule has 0 fully saturated rings. The van der Waals surface area contributed by atoms with Gasteiger partial charge < -0.3 is 0 Å². The normalized spacial score (nSPS) is 24.0. The van der Waals surface area contributed by atoms with Crippen molar-refractivity contribution in [3.8, 4) is 0 Å². The molecule has 0 aromatic heterocycles. The van der Waals surface area contributed by atoms with Crippen LogP contribution in [0.1, 0.15) is 47.0 Å². The summed E-state index contributed by atoms with van der Waals surface area (Å²) in [6.07, 6.45) is 5.38. The molecule has 0 aromatic rings. The maximum Gasteiger partial charge on any atom is 0.155 e. The van der Waals surface area contributed by atoms with Gasteiger partial charge in [0.25, 0.3) is 0 Å². The highest BCUT2D eigenvalue weighted by Gasteiger charge is 2.26. The molecule has 1 aliphatic rings. The van der Waals surface area contributed by atoms with Crippen LogP contribution >= 0.6 is 0 Å². The molecular formula is C12H20O. The Morgan fingerprint density at radius 1 is 1.46 bits per heavy atom. The van der Waals surface area contributed by atoms with E-state index >= 15 is 0 Å². The quantitative estimate of drug-likeness (QED) is 0.605. The van der Waals surface area contributed by atoms with Crippen molar-refractivity contribution in [1.29, 1.82) is 0 Å². The SMILES string of the molecule is CC(=O)C1=CCC(C(C)(C)C)CC1. The van der Waals surface area contributed by atoms with Gasteiger partial charge in [0.2, 0.25) is 0 Å². The molecule has 1 nitrogen and oxygen atoms in total. The number of hydrogen-bond donors (Lipinski definition) is 0. The van der Waals surface area contributed by atoms with Crippen molar-refractivity contribution < 1.29 is 4.79 Å². The third kappa shape index (κ3) is 2.68. The molecule has 0 aliphatic heterocycles. The molecule has 74 valence electrons. The average molecular weight is 180 g/mol. The summed E-state index contributed by atoms with van der Waals surface area (Å²) in [7, 11) is 0. The minimum Gasteiger partial charge on any atom is -0.295 e. The minimum atomic E-state index is 0.257. The van der Waals surface area contributed by atoms with Gasteiger partial charge >= 0.3 is 0 Å². The van der Waals surface area contributed by atoms with E-state index in [1.54, 1.807) is 6.92 Å². The van der Waals surface area contributed by atoms with E-state index in [1.165, 1.54) is 6.42 Å². The number of allylic oxidation sites excluding steroid dienone is 2. The van der Waals surface area contributed by atoms with Gasteiger partial charge in [-0.1, -0.05) is 26.8 Å². The zero-order valence-electron chi connectivity index (χ0n) is 9.18. The van der Waals surface area contributed by atoms with Crippen molar-refractivity contribution in [1.82, 2.24) is 0 Å². The van der Waals surface area contributed by atoms with E-state index in [0.29, 0.717) is 5.41 Å². The van der Waals surface area contributed by atoms with E-state index in [0.717, 1.165) is 24.3 Å².